The number of fused-ring (bicyclic) bond motifs is 2. The summed E-state index contributed by atoms with van der Waals surface area (Å²) < 4.78 is 14.8. The van der Waals surface area contributed by atoms with Gasteiger partial charge in [-0.2, -0.15) is 9.78 Å². The van der Waals surface area contributed by atoms with Crippen molar-refractivity contribution in [3.63, 3.8) is 0 Å². The van der Waals surface area contributed by atoms with Gasteiger partial charge < -0.3 is 14.8 Å². The Kier molecular flexibility index (Phi) is 5.65. The summed E-state index contributed by atoms with van der Waals surface area (Å²) in [5.74, 6) is 1.59. The second-order valence-corrected chi connectivity index (χ2v) is 9.79. The molecule has 1 atom stereocenters. The first-order valence-corrected chi connectivity index (χ1v) is 12.5. The Morgan fingerprint density at radius 3 is 2.78 bits per heavy atom. The monoisotopic (exact) mass is 496 g/mol. The van der Waals surface area contributed by atoms with Crippen molar-refractivity contribution in [3.05, 3.63) is 95.2 Å². The molecule has 6 rings (SSSR count). The van der Waals surface area contributed by atoms with E-state index in [4.69, 9.17) is 14.5 Å². The van der Waals surface area contributed by atoms with E-state index in [9.17, 15) is 4.79 Å². The van der Waals surface area contributed by atoms with Crippen molar-refractivity contribution in [2.45, 2.75) is 25.9 Å². The largest absolute Gasteiger partial charge is 0.493 e. The van der Waals surface area contributed by atoms with Crippen LogP contribution in [0.5, 0.6) is 11.5 Å². The van der Waals surface area contributed by atoms with Crippen molar-refractivity contribution in [1.29, 1.82) is 0 Å². The van der Waals surface area contributed by atoms with E-state index >= 15 is 0 Å². The molecule has 36 heavy (non-hydrogen) atoms. The van der Waals surface area contributed by atoms with Gasteiger partial charge in [0, 0.05) is 23.5 Å². The Balaban J connectivity index is 1.40. The first kappa shape index (κ1) is 22.3. The number of thiazole rings is 1. The molecule has 1 aliphatic heterocycles. The zero-order valence-electron chi connectivity index (χ0n) is 19.9. The van der Waals surface area contributed by atoms with E-state index in [1.165, 1.54) is 16.9 Å². The molecule has 1 amide bonds. The van der Waals surface area contributed by atoms with Gasteiger partial charge in [-0.15, -0.1) is 0 Å². The van der Waals surface area contributed by atoms with E-state index in [0.717, 1.165) is 26.9 Å². The highest BCUT2D eigenvalue weighted by atomic mass is 32.1. The quantitative estimate of drug-likeness (QED) is 0.319. The number of anilines is 1. The number of methoxy groups -OCH3 is 1. The molecule has 0 radical (unpaired) electrons. The third-order valence-corrected chi connectivity index (χ3v) is 7.37. The number of amides is 1. The minimum absolute atomic E-state index is 0.0807. The number of aromatic nitrogens is 3. The van der Waals surface area contributed by atoms with Crippen molar-refractivity contribution < 1.29 is 14.3 Å². The summed E-state index contributed by atoms with van der Waals surface area (Å²) >= 11 is 1.54. The maximum absolute atomic E-state index is 12.9. The van der Waals surface area contributed by atoms with Crippen LogP contribution in [0.2, 0.25) is 0 Å². The normalized spacial score (nSPS) is 14.9. The summed E-state index contributed by atoms with van der Waals surface area (Å²) in [5.41, 5.74) is 4.95. The van der Waals surface area contributed by atoms with Gasteiger partial charge in [-0.3, -0.25) is 4.79 Å². The Labute approximate surface area is 212 Å². The molecule has 2 aromatic heterocycles. The predicted molar refractivity (Wildman–Crippen MR) is 140 cm³/mol. The first-order chi connectivity index (χ1) is 17.6. The lowest BCUT2D eigenvalue weighted by molar-refractivity contribution is -0.116. The third-order valence-electron chi connectivity index (χ3n) is 6.35. The molecule has 3 heterocycles. The molecule has 0 fully saturated rings. The van der Waals surface area contributed by atoms with Crippen molar-refractivity contribution in [2.75, 3.05) is 12.4 Å². The summed E-state index contributed by atoms with van der Waals surface area (Å²) in [6.45, 7) is 2.45. The molecule has 0 unspecified atom stereocenters. The van der Waals surface area contributed by atoms with Gasteiger partial charge in [0.25, 0.3) is 0 Å². The SMILES string of the molecule is COc1cccc([C@@H]2CC(=O)Nc3c2cnn3-c2nc3ccccc3s2)c1OCc1cccc(C)c1. The zero-order chi connectivity index (χ0) is 24.6. The number of ether oxygens (including phenoxy) is 2. The summed E-state index contributed by atoms with van der Waals surface area (Å²) in [5, 5.41) is 8.35. The molecule has 180 valence electrons. The van der Waals surface area contributed by atoms with E-state index in [0.29, 0.717) is 29.1 Å². The van der Waals surface area contributed by atoms with Crippen molar-refractivity contribution >= 4 is 33.3 Å². The molecule has 0 spiro atoms. The van der Waals surface area contributed by atoms with Gasteiger partial charge in [0.05, 0.1) is 23.5 Å². The molecule has 0 aliphatic carbocycles. The molecule has 0 saturated heterocycles. The van der Waals surface area contributed by atoms with Gasteiger partial charge in [-0.1, -0.05) is 65.4 Å². The van der Waals surface area contributed by atoms with Crippen LogP contribution < -0.4 is 14.8 Å². The Morgan fingerprint density at radius 1 is 1.08 bits per heavy atom. The molecule has 1 N–H and O–H groups in total. The lowest BCUT2D eigenvalue weighted by Gasteiger charge is -2.26. The highest BCUT2D eigenvalue weighted by molar-refractivity contribution is 7.20. The maximum Gasteiger partial charge on any atom is 0.226 e. The molecule has 8 heteroatoms. The number of para-hydroxylation sites is 2. The average molecular weight is 497 g/mol. The molecular formula is C28H24N4O3S. The summed E-state index contributed by atoms with van der Waals surface area (Å²) in [6, 6.07) is 22.0. The van der Waals surface area contributed by atoms with Gasteiger partial charge in [0.2, 0.25) is 11.0 Å². The van der Waals surface area contributed by atoms with Crippen LogP contribution in [0.15, 0.2) is 72.9 Å². The standard InChI is InChI=1S/C28H24N4O3S/c1-17-7-5-8-18(13-17)16-35-26-19(9-6-11-23(26)34-2)20-14-25(33)31-27-21(20)15-29-32(27)28-30-22-10-3-4-12-24(22)36-28/h3-13,15,20H,14,16H2,1-2H3,(H,31,33)/t20-/m0/s1. The molecule has 1 aliphatic rings. The zero-order valence-corrected chi connectivity index (χ0v) is 20.7. The van der Waals surface area contributed by atoms with Crippen LogP contribution in [0.4, 0.5) is 5.82 Å². The molecular weight excluding hydrogens is 472 g/mol. The van der Waals surface area contributed by atoms with Gasteiger partial charge in [-0.05, 0) is 30.7 Å². The number of nitrogens with one attached hydrogen (secondary N) is 1. The Hall–Kier alpha value is -4.17. The van der Waals surface area contributed by atoms with E-state index in [-0.39, 0.29) is 18.2 Å². The maximum atomic E-state index is 12.9. The summed E-state index contributed by atoms with van der Waals surface area (Å²) in [6.07, 6.45) is 2.10. The van der Waals surface area contributed by atoms with Gasteiger partial charge in [0.1, 0.15) is 12.4 Å². The van der Waals surface area contributed by atoms with Gasteiger partial charge in [0.15, 0.2) is 11.5 Å². The van der Waals surface area contributed by atoms with Gasteiger partial charge in [-0.25, -0.2) is 4.98 Å². The van der Waals surface area contributed by atoms with E-state index in [1.54, 1.807) is 11.8 Å². The highest BCUT2D eigenvalue weighted by Gasteiger charge is 2.33. The minimum Gasteiger partial charge on any atom is -0.493 e. The first-order valence-electron chi connectivity index (χ1n) is 11.7. The lowest BCUT2D eigenvalue weighted by Crippen LogP contribution is -2.25. The molecule has 5 aromatic rings. The van der Waals surface area contributed by atoms with Crippen LogP contribution in [-0.2, 0) is 11.4 Å². The van der Waals surface area contributed by atoms with Crippen molar-refractivity contribution in [1.82, 2.24) is 14.8 Å². The van der Waals surface area contributed by atoms with E-state index in [1.807, 2.05) is 60.8 Å². The molecule has 0 bridgehead atoms. The highest BCUT2D eigenvalue weighted by Crippen LogP contribution is 2.45. The number of rotatable bonds is 6. The number of carbonyl (C=O) groups excluding carboxylic acids is 1. The fourth-order valence-electron chi connectivity index (χ4n) is 4.67. The molecule has 0 saturated carbocycles. The fraction of sp³-hybridized carbons (Fsp3) is 0.179. The van der Waals surface area contributed by atoms with Crippen LogP contribution in [-0.4, -0.2) is 27.8 Å². The van der Waals surface area contributed by atoms with Crippen molar-refractivity contribution in [3.8, 4) is 16.6 Å². The third kappa shape index (κ3) is 3.99. The number of carbonyl (C=O) groups is 1. The molecule has 7 nitrogen and oxygen atoms in total. The number of hydrogen-bond acceptors (Lipinski definition) is 6. The predicted octanol–water partition coefficient (Wildman–Crippen LogP) is 5.85. The molecule has 3 aromatic carbocycles. The topological polar surface area (TPSA) is 78.3 Å². The second-order valence-electron chi connectivity index (χ2n) is 8.79. The Morgan fingerprint density at radius 2 is 1.94 bits per heavy atom. The summed E-state index contributed by atoms with van der Waals surface area (Å²) in [7, 11) is 1.63. The van der Waals surface area contributed by atoms with Crippen LogP contribution >= 0.6 is 11.3 Å². The summed E-state index contributed by atoms with van der Waals surface area (Å²) in [4.78, 5) is 17.6. The van der Waals surface area contributed by atoms with Crippen LogP contribution in [0, 0.1) is 6.92 Å². The van der Waals surface area contributed by atoms with E-state index in [2.05, 4.69) is 29.5 Å². The van der Waals surface area contributed by atoms with Crippen molar-refractivity contribution in [2.24, 2.45) is 0 Å². The number of hydrogen-bond donors (Lipinski definition) is 1. The smallest absolute Gasteiger partial charge is 0.226 e. The van der Waals surface area contributed by atoms with Crippen LogP contribution in [0.25, 0.3) is 15.3 Å². The number of aryl methyl sites for hydroxylation is 1. The van der Waals surface area contributed by atoms with Crippen LogP contribution in [0.1, 0.15) is 34.6 Å². The van der Waals surface area contributed by atoms with E-state index < -0.39 is 0 Å². The number of benzene rings is 3. The number of nitrogens with zero attached hydrogens (tertiary/aromatic N) is 3. The van der Waals surface area contributed by atoms with Gasteiger partial charge >= 0.3 is 0 Å². The fourth-order valence-corrected chi connectivity index (χ4v) is 5.60. The average Bonchev–Trinajstić information content (AvgIpc) is 3.50. The van der Waals surface area contributed by atoms with Crippen LogP contribution in [0.3, 0.4) is 0 Å². The lowest BCUT2D eigenvalue weighted by atomic mass is 9.86. The second kappa shape index (κ2) is 9.13. The minimum atomic E-state index is -0.237. The Bertz CT molecular complexity index is 1560.